The summed E-state index contributed by atoms with van der Waals surface area (Å²) in [5.41, 5.74) is -0.223. The van der Waals surface area contributed by atoms with Crippen molar-refractivity contribution < 1.29 is 14.0 Å². The molecule has 0 spiro atoms. The zero-order valence-corrected chi connectivity index (χ0v) is 16.9. The molecule has 1 aliphatic heterocycles. The minimum Gasteiger partial charge on any atom is -0.340 e. The van der Waals surface area contributed by atoms with E-state index >= 15 is 0 Å². The Labute approximate surface area is 174 Å². The molecule has 1 fully saturated rings. The number of thioether (sulfide) groups is 1. The van der Waals surface area contributed by atoms with E-state index in [9.17, 15) is 14.0 Å². The van der Waals surface area contributed by atoms with E-state index in [0.717, 1.165) is 11.8 Å². The number of carbonyl (C=O) groups is 2. The number of ketones is 1. The first-order chi connectivity index (χ1) is 13.5. The Hall–Kier alpha value is -2.15. The molecule has 0 unspecified atom stereocenters. The van der Waals surface area contributed by atoms with E-state index in [1.165, 1.54) is 17.4 Å². The minimum atomic E-state index is -1.21. The molecule has 28 heavy (non-hydrogen) atoms. The Morgan fingerprint density at radius 1 is 1.11 bits per heavy atom. The van der Waals surface area contributed by atoms with Crippen LogP contribution in [0.3, 0.4) is 0 Å². The molecule has 3 aromatic rings. The summed E-state index contributed by atoms with van der Waals surface area (Å²) < 4.78 is 14.7. The quantitative estimate of drug-likeness (QED) is 0.589. The number of hydrogen-bond acceptors (Lipinski definition) is 4. The molecule has 1 saturated heterocycles. The Bertz CT molecular complexity index is 1020. The number of piperidine rings is 1. The highest BCUT2D eigenvalue weighted by Crippen LogP contribution is 2.42. The largest absolute Gasteiger partial charge is 0.340 e. The molecule has 1 aromatic heterocycles. The van der Waals surface area contributed by atoms with Gasteiger partial charge in [0.25, 0.3) is 0 Å². The molecule has 142 valence electrons. The van der Waals surface area contributed by atoms with Gasteiger partial charge in [0.2, 0.25) is 5.91 Å². The summed E-state index contributed by atoms with van der Waals surface area (Å²) in [5, 5.41) is 6.19. The summed E-state index contributed by atoms with van der Waals surface area (Å²) in [6, 6.07) is 15.1. The molecule has 0 radical (unpaired) electrons. The molecule has 1 aliphatic rings. The Kier molecular flexibility index (Phi) is 5.27. The zero-order chi connectivity index (χ0) is 19.7. The van der Waals surface area contributed by atoms with Crippen molar-refractivity contribution in [2.24, 2.45) is 0 Å². The molecule has 3 nitrogen and oxygen atoms in total. The van der Waals surface area contributed by atoms with E-state index in [0.29, 0.717) is 15.5 Å². The summed E-state index contributed by atoms with van der Waals surface area (Å²) in [6.07, 6.45) is -0.0292. The van der Waals surface area contributed by atoms with Crippen molar-refractivity contribution in [1.82, 2.24) is 5.32 Å². The maximum absolute atomic E-state index is 14.7. The number of carbonyl (C=O) groups excluding carboxylic acids is 2. The average Bonchev–Trinajstić information content (AvgIpc) is 3.21. The van der Waals surface area contributed by atoms with E-state index in [4.69, 9.17) is 11.6 Å². The molecule has 0 bridgehead atoms. The molecule has 7 heteroatoms. The van der Waals surface area contributed by atoms with Gasteiger partial charge < -0.3 is 5.32 Å². The smallest absolute Gasteiger partial charge is 0.242 e. The number of thiophene rings is 1. The second-order valence-corrected chi connectivity index (χ2v) is 8.79. The first kappa shape index (κ1) is 19.2. The molecule has 1 N–H and O–H groups in total. The third-order valence-corrected chi connectivity index (χ3v) is 7.18. The predicted octanol–water partition coefficient (Wildman–Crippen LogP) is 5.03. The van der Waals surface area contributed by atoms with Crippen LogP contribution in [0.2, 0.25) is 5.02 Å². The fourth-order valence-electron chi connectivity index (χ4n) is 3.41. The lowest BCUT2D eigenvalue weighted by atomic mass is 9.77. The van der Waals surface area contributed by atoms with E-state index in [2.05, 4.69) is 5.32 Å². The Balaban J connectivity index is 1.73. The number of nitrogens with one attached hydrogen (secondary N) is 1. The molecular formula is C21H15ClFNO2S2. The molecule has 4 rings (SSSR count). The normalized spacial score (nSPS) is 22.1. The van der Waals surface area contributed by atoms with Gasteiger partial charge in [-0.05, 0) is 40.6 Å². The van der Waals surface area contributed by atoms with Gasteiger partial charge in [0, 0.05) is 16.9 Å². The van der Waals surface area contributed by atoms with Crippen molar-refractivity contribution in [2.45, 2.75) is 22.1 Å². The third-order valence-electron chi connectivity index (χ3n) is 4.74. The standard InChI is InChI=1S/C21H15ClFNO2S2/c22-15-6-2-4-8-18(15)28-19-17(25)11-21(24-20(19)26,13-9-10-27-12-13)14-5-1-3-7-16(14)23/h1-10,12,19H,11H2,(H,24,26)/t19-,21-/m1/s1. The van der Waals surface area contributed by atoms with Crippen LogP contribution in [0, 0.1) is 5.82 Å². The van der Waals surface area contributed by atoms with E-state index in [1.54, 1.807) is 42.5 Å². The molecule has 2 heterocycles. The van der Waals surface area contributed by atoms with Crippen LogP contribution < -0.4 is 5.32 Å². The molecule has 2 aromatic carbocycles. The van der Waals surface area contributed by atoms with Gasteiger partial charge in [-0.15, -0.1) is 11.8 Å². The Morgan fingerprint density at radius 3 is 2.54 bits per heavy atom. The topological polar surface area (TPSA) is 46.2 Å². The molecule has 0 saturated carbocycles. The second kappa shape index (κ2) is 7.70. The predicted molar refractivity (Wildman–Crippen MR) is 110 cm³/mol. The van der Waals surface area contributed by atoms with Crippen molar-refractivity contribution in [2.75, 3.05) is 0 Å². The maximum atomic E-state index is 14.7. The number of halogens is 2. The lowest BCUT2D eigenvalue weighted by Gasteiger charge is -2.40. The first-order valence-corrected chi connectivity index (χ1v) is 10.7. The maximum Gasteiger partial charge on any atom is 0.242 e. The second-order valence-electron chi connectivity index (χ2n) is 6.46. The van der Waals surface area contributed by atoms with E-state index in [1.807, 2.05) is 16.8 Å². The molecule has 2 atom stereocenters. The van der Waals surface area contributed by atoms with Crippen LogP contribution >= 0.6 is 34.7 Å². The van der Waals surface area contributed by atoms with Crippen LogP contribution in [0.5, 0.6) is 0 Å². The summed E-state index contributed by atoms with van der Waals surface area (Å²) in [6.45, 7) is 0. The Morgan fingerprint density at radius 2 is 1.86 bits per heavy atom. The summed E-state index contributed by atoms with van der Waals surface area (Å²) in [7, 11) is 0. The highest BCUT2D eigenvalue weighted by atomic mass is 35.5. The van der Waals surface area contributed by atoms with Crippen LogP contribution in [0.4, 0.5) is 4.39 Å². The number of Topliss-reactive ketones (excluding diaryl/α,β-unsaturated/α-hetero) is 1. The molecule has 1 amide bonds. The van der Waals surface area contributed by atoms with Gasteiger partial charge in [0.15, 0.2) is 5.78 Å². The van der Waals surface area contributed by atoms with Crippen molar-refractivity contribution >= 4 is 46.4 Å². The van der Waals surface area contributed by atoms with E-state index in [-0.39, 0.29) is 17.8 Å². The molecular weight excluding hydrogens is 417 g/mol. The number of hydrogen-bond donors (Lipinski definition) is 1. The minimum absolute atomic E-state index is 0.0292. The fourth-order valence-corrected chi connectivity index (χ4v) is 5.39. The average molecular weight is 432 g/mol. The first-order valence-electron chi connectivity index (χ1n) is 8.55. The summed E-state index contributed by atoms with van der Waals surface area (Å²) >= 11 is 8.73. The number of amides is 1. The van der Waals surface area contributed by atoms with Gasteiger partial charge in [0.1, 0.15) is 16.6 Å². The highest BCUT2D eigenvalue weighted by Gasteiger charge is 2.48. The third kappa shape index (κ3) is 3.36. The van der Waals surface area contributed by atoms with Crippen LogP contribution in [0.1, 0.15) is 17.5 Å². The van der Waals surface area contributed by atoms with Gasteiger partial charge in [-0.2, -0.15) is 11.3 Å². The highest BCUT2D eigenvalue weighted by molar-refractivity contribution is 8.01. The lowest BCUT2D eigenvalue weighted by Crippen LogP contribution is -2.58. The van der Waals surface area contributed by atoms with Crippen LogP contribution in [-0.2, 0) is 15.1 Å². The monoisotopic (exact) mass is 431 g/mol. The van der Waals surface area contributed by atoms with Gasteiger partial charge >= 0.3 is 0 Å². The van der Waals surface area contributed by atoms with Crippen molar-refractivity contribution in [3.05, 3.63) is 87.3 Å². The van der Waals surface area contributed by atoms with Gasteiger partial charge in [-0.25, -0.2) is 4.39 Å². The number of rotatable bonds is 4. The van der Waals surface area contributed by atoms with E-state index < -0.39 is 22.5 Å². The van der Waals surface area contributed by atoms with Crippen molar-refractivity contribution in [1.29, 1.82) is 0 Å². The van der Waals surface area contributed by atoms with Gasteiger partial charge in [-0.1, -0.05) is 41.9 Å². The van der Waals surface area contributed by atoms with Crippen LogP contribution in [0.25, 0.3) is 0 Å². The van der Waals surface area contributed by atoms with Gasteiger partial charge in [0.05, 0.1) is 5.02 Å². The van der Waals surface area contributed by atoms with Crippen LogP contribution in [0.15, 0.2) is 70.3 Å². The summed E-state index contributed by atoms with van der Waals surface area (Å²) in [4.78, 5) is 26.7. The molecule has 0 aliphatic carbocycles. The fraction of sp³-hybridized carbons (Fsp3) is 0.143. The SMILES string of the molecule is O=C1C[C@@](c2ccsc2)(c2ccccc2F)NC(=O)[C@@H]1Sc1ccccc1Cl. The lowest BCUT2D eigenvalue weighted by molar-refractivity contribution is -0.132. The zero-order valence-electron chi connectivity index (χ0n) is 14.5. The van der Waals surface area contributed by atoms with Crippen molar-refractivity contribution in [3.63, 3.8) is 0 Å². The number of benzene rings is 2. The summed E-state index contributed by atoms with van der Waals surface area (Å²) in [5.74, 6) is -1.17. The van der Waals surface area contributed by atoms with Gasteiger partial charge in [-0.3, -0.25) is 9.59 Å². The van der Waals surface area contributed by atoms with Crippen LogP contribution in [-0.4, -0.2) is 16.9 Å². The van der Waals surface area contributed by atoms with Crippen molar-refractivity contribution in [3.8, 4) is 0 Å².